The van der Waals surface area contributed by atoms with Crippen LogP contribution in [0.4, 0.5) is 5.69 Å². The van der Waals surface area contributed by atoms with Gasteiger partial charge in [0.25, 0.3) is 0 Å². The number of aromatic nitrogens is 1. The summed E-state index contributed by atoms with van der Waals surface area (Å²) in [7, 11) is 0. The minimum atomic E-state index is -0.842. The number of pyridine rings is 1. The van der Waals surface area contributed by atoms with Crippen LogP contribution < -0.4 is 10.6 Å². The van der Waals surface area contributed by atoms with E-state index in [1.807, 2.05) is 12.3 Å². The molecule has 2 heterocycles. The van der Waals surface area contributed by atoms with Gasteiger partial charge in [-0.3, -0.25) is 4.98 Å². The van der Waals surface area contributed by atoms with Crippen LogP contribution in [-0.2, 0) is 5.60 Å². The predicted molar refractivity (Wildman–Crippen MR) is 64.3 cm³/mol. The molecule has 2 rings (SSSR count). The van der Waals surface area contributed by atoms with Crippen molar-refractivity contribution in [3.8, 4) is 0 Å². The van der Waals surface area contributed by atoms with Gasteiger partial charge < -0.3 is 15.7 Å². The average Bonchev–Trinajstić information content (AvgIpc) is 2.64. The van der Waals surface area contributed by atoms with Crippen LogP contribution in [-0.4, -0.2) is 29.2 Å². The van der Waals surface area contributed by atoms with Crippen molar-refractivity contribution in [2.75, 3.05) is 18.0 Å². The summed E-state index contributed by atoms with van der Waals surface area (Å²) in [4.78, 5) is 6.39. The molecule has 1 fully saturated rings. The van der Waals surface area contributed by atoms with Crippen molar-refractivity contribution in [1.82, 2.24) is 4.98 Å². The van der Waals surface area contributed by atoms with E-state index in [-0.39, 0.29) is 6.04 Å². The quantitative estimate of drug-likeness (QED) is 0.777. The molecular weight excluding hydrogens is 202 g/mol. The summed E-state index contributed by atoms with van der Waals surface area (Å²) in [5.41, 5.74) is 6.92. The Labute approximate surface area is 96.1 Å². The highest BCUT2D eigenvalue weighted by molar-refractivity contribution is 5.48. The van der Waals surface area contributed by atoms with E-state index in [0.29, 0.717) is 0 Å². The van der Waals surface area contributed by atoms with Crippen molar-refractivity contribution in [3.63, 3.8) is 0 Å². The van der Waals surface area contributed by atoms with Gasteiger partial charge in [0.2, 0.25) is 0 Å². The van der Waals surface area contributed by atoms with Gasteiger partial charge >= 0.3 is 0 Å². The molecule has 3 N–H and O–H groups in total. The highest BCUT2D eigenvalue weighted by atomic mass is 16.3. The largest absolute Gasteiger partial charge is 0.386 e. The lowest BCUT2D eigenvalue weighted by atomic mass is 10.0. The molecule has 0 radical (unpaired) electrons. The summed E-state index contributed by atoms with van der Waals surface area (Å²) < 4.78 is 0. The van der Waals surface area contributed by atoms with Crippen molar-refractivity contribution in [1.29, 1.82) is 0 Å². The Bertz CT molecular complexity index is 373. The fourth-order valence-electron chi connectivity index (χ4n) is 1.96. The van der Waals surface area contributed by atoms with E-state index < -0.39 is 5.60 Å². The Balaban J connectivity index is 2.23. The molecule has 16 heavy (non-hydrogen) atoms. The standard InChI is InChI=1S/C12H19N3O/c1-12(2,16)9-5-11(7-14-6-9)15-4-3-10(13)8-15/h5-7,10,16H,3-4,8,13H2,1-2H3. The molecule has 0 amide bonds. The monoisotopic (exact) mass is 221 g/mol. The van der Waals surface area contributed by atoms with E-state index >= 15 is 0 Å². The summed E-state index contributed by atoms with van der Waals surface area (Å²) in [6.07, 6.45) is 4.56. The molecule has 0 saturated carbocycles. The van der Waals surface area contributed by atoms with Crippen LogP contribution in [0.5, 0.6) is 0 Å². The fraction of sp³-hybridized carbons (Fsp3) is 0.583. The summed E-state index contributed by atoms with van der Waals surface area (Å²) in [5.74, 6) is 0. The van der Waals surface area contributed by atoms with E-state index in [1.165, 1.54) is 0 Å². The second-order valence-corrected chi connectivity index (χ2v) is 4.99. The average molecular weight is 221 g/mol. The molecule has 4 heteroatoms. The third-order valence-electron chi connectivity index (χ3n) is 3.02. The van der Waals surface area contributed by atoms with E-state index in [9.17, 15) is 5.11 Å². The van der Waals surface area contributed by atoms with Crippen molar-refractivity contribution >= 4 is 5.69 Å². The molecule has 1 aliphatic rings. The first-order chi connectivity index (χ1) is 7.47. The molecule has 1 aromatic rings. The Morgan fingerprint density at radius 2 is 2.25 bits per heavy atom. The maximum atomic E-state index is 9.93. The minimum absolute atomic E-state index is 0.255. The van der Waals surface area contributed by atoms with Gasteiger partial charge in [0.05, 0.1) is 17.5 Å². The predicted octanol–water partition coefficient (Wildman–Crippen LogP) is 0.846. The highest BCUT2D eigenvalue weighted by Gasteiger charge is 2.22. The van der Waals surface area contributed by atoms with Gasteiger partial charge in [-0.05, 0) is 26.3 Å². The topological polar surface area (TPSA) is 62.4 Å². The Morgan fingerprint density at radius 1 is 1.50 bits per heavy atom. The Hall–Kier alpha value is -1.13. The summed E-state index contributed by atoms with van der Waals surface area (Å²) in [6, 6.07) is 2.25. The molecule has 1 aromatic heterocycles. The van der Waals surface area contributed by atoms with E-state index in [2.05, 4.69) is 9.88 Å². The second kappa shape index (κ2) is 4.03. The van der Waals surface area contributed by atoms with E-state index in [1.54, 1.807) is 20.0 Å². The molecule has 0 aromatic carbocycles. The summed E-state index contributed by atoms with van der Waals surface area (Å²) in [6.45, 7) is 5.38. The van der Waals surface area contributed by atoms with Crippen LogP contribution >= 0.6 is 0 Å². The zero-order valence-corrected chi connectivity index (χ0v) is 9.85. The number of hydrogen-bond donors (Lipinski definition) is 2. The lowest BCUT2D eigenvalue weighted by Gasteiger charge is -2.22. The third-order valence-corrected chi connectivity index (χ3v) is 3.02. The molecule has 1 unspecified atom stereocenters. The Morgan fingerprint density at radius 3 is 2.81 bits per heavy atom. The SMILES string of the molecule is CC(C)(O)c1cncc(N2CCC(N)C2)c1. The van der Waals surface area contributed by atoms with Crippen LogP contribution in [0.3, 0.4) is 0 Å². The first-order valence-electron chi connectivity index (χ1n) is 5.65. The molecule has 0 spiro atoms. The number of rotatable bonds is 2. The van der Waals surface area contributed by atoms with Crippen molar-refractivity contribution in [2.24, 2.45) is 5.73 Å². The van der Waals surface area contributed by atoms with Gasteiger partial charge in [-0.1, -0.05) is 0 Å². The number of nitrogens with zero attached hydrogens (tertiary/aromatic N) is 2. The van der Waals surface area contributed by atoms with Gasteiger partial charge in [-0.15, -0.1) is 0 Å². The maximum absolute atomic E-state index is 9.93. The van der Waals surface area contributed by atoms with Crippen LogP contribution in [0.15, 0.2) is 18.5 Å². The van der Waals surface area contributed by atoms with Gasteiger partial charge in [-0.2, -0.15) is 0 Å². The molecule has 1 atom stereocenters. The van der Waals surface area contributed by atoms with Gasteiger partial charge in [0, 0.05) is 30.9 Å². The first-order valence-corrected chi connectivity index (χ1v) is 5.65. The third kappa shape index (κ3) is 2.33. The van der Waals surface area contributed by atoms with Crippen molar-refractivity contribution < 1.29 is 5.11 Å². The molecule has 88 valence electrons. The molecule has 1 saturated heterocycles. The van der Waals surface area contributed by atoms with Gasteiger partial charge in [0.15, 0.2) is 0 Å². The van der Waals surface area contributed by atoms with Crippen LogP contribution in [0.25, 0.3) is 0 Å². The summed E-state index contributed by atoms with van der Waals surface area (Å²) >= 11 is 0. The molecular formula is C12H19N3O. The zero-order valence-electron chi connectivity index (χ0n) is 9.85. The maximum Gasteiger partial charge on any atom is 0.0856 e. The normalized spacial score (nSPS) is 21.5. The Kier molecular flexibility index (Phi) is 2.86. The first kappa shape index (κ1) is 11.4. The number of hydrogen-bond acceptors (Lipinski definition) is 4. The number of aliphatic hydroxyl groups is 1. The van der Waals surface area contributed by atoms with Crippen LogP contribution in [0.2, 0.25) is 0 Å². The van der Waals surface area contributed by atoms with Crippen LogP contribution in [0, 0.1) is 0 Å². The molecule has 4 nitrogen and oxygen atoms in total. The van der Waals surface area contributed by atoms with E-state index in [4.69, 9.17) is 5.73 Å². The van der Waals surface area contributed by atoms with Gasteiger partial charge in [-0.25, -0.2) is 0 Å². The molecule has 0 aliphatic carbocycles. The lowest BCUT2D eigenvalue weighted by Crippen LogP contribution is -2.26. The minimum Gasteiger partial charge on any atom is -0.386 e. The van der Waals surface area contributed by atoms with Crippen molar-refractivity contribution in [2.45, 2.75) is 31.9 Å². The molecule has 0 bridgehead atoms. The molecule has 1 aliphatic heterocycles. The highest BCUT2D eigenvalue weighted by Crippen LogP contribution is 2.25. The lowest BCUT2D eigenvalue weighted by molar-refractivity contribution is 0.0782. The zero-order chi connectivity index (χ0) is 11.8. The smallest absolute Gasteiger partial charge is 0.0856 e. The fourth-order valence-corrected chi connectivity index (χ4v) is 1.96. The van der Waals surface area contributed by atoms with Gasteiger partial charge in [0.1, 0.15) is 0 Å². The second-order valence-electron chi connectivity index (χ2n) is 4.99. The van der Waals surface area contributed by atoms with E-state index in [0.717, 1.165) is 30.8 Å². The van der Waals surface area contributed by atoms with Crippen LogP contribution in [0.1, 0.15) is 25.8 Å². The van der Waals surface area contributed by atoms with Crippen molar-refractivity contribution in [3.05, 3.63) is 24.0 Å². The number of anilines is 1. The summed E-state index contributed by atoms with van der Waals surface area (Å²) in [5, 5.41) is 9.93. The number of nitrogens with two attached hydrogens (primary N) is 1.